The first-order valence-electron chi connectivity index (χ1n) is 11.6. The van der Waals surface area contributed by atoms with Crippen LogP contribution in [0.5, 0.6) is 0 Å². The lowest BCUT2D eigenvalue weighted by molar-refractivity contribution is 0.0614. The van der Waals surface area contributed by atoms with Gasteiger partial charge in [-0.25, -0.2) is 0 Å². The van der Waals surface area contributed by atoms with Gasteiger partial charge in [0, 0.05) is 38.7 Å². The van der Waals surface area contributed by atoms with Crippen molar-refractivity contribution in [3.63, 3.8) is 0 Å². The van der Waals surface area contributed by atoms with Crippen LogP contribution in [0.1, 0.15) is 59.6 Å². The number of benzene rings is 3. The first-order valence-corrected chi connectivity index (χ1v) is 12.4. The number of carbonyl (C=O) groups excluding carboxylic acids is 1. The Morgan fingerprint density at radius 2 is 1.61 bits per heavy atom. The van der Waals surface area contributed by atoms with Crippen LogP contribution in [-0.2, 0) is 0 Å². The topological polar surface area (TPSA) is 36.1 Å². The molecule has 1 aliphatic heterocycles. The van der Waals surface area contributed by atoms with E-state index in [0.717, 1.165) is 51.7 Å². The Kier molecular flexibility index (Phi) is 5.20. The molecule has 3 aromatic carbocycles. The predicted octanol–water partition coefficient (Wildman–Crippen LogP) is 8.02. The van der Waals surface area contributed by atoms with Crippen LogP contribution in [0, 0.1) is 0 Å². The largest absolute Gasteiger partial charge is 0.354 e. The van der Waals surface area contributed by atoms with Crippen molar-refractivity contribution in [2.24, 2.45) is 0 Å². The maximum Gasteiger partial charge on any atom is 0.255 e. The van der Waals surface area contributed by atoms with Crippen molar-refractivity contribution < 1.29 is 4.79 Å². The second-order valence-electron chi connectivity index (χ2n) is 9.08. The molecule has 6 rings (SSSR count). The number of aromatic amines is 1. The number of nitrogens with zero attached hydrogens (tertiary/aromatic N) is 1. The molecule has 1 N–H and O–H groups in total. The predicted molar refractivity (Wildman–Crippen MR) is 135 cm³/mol. The van der Waals surface area contributed by atoms with E-state index < -0.39 is 0 Å². The summed E-state index contributed by atoms with van der Waals surface area (Å²) in [4.78, 5) is 19.6. The van der Waals surface area contributed by atoms with Gasteiger partial charge in [0.25, 0.3) is 5.91 Å². The van der Waals surface area contributed by atoms with E-state index in [9.17, 15) is 4.79 Å². The fourth-order valence-corrected chi connectivity index (χ4v) is 6.22. The SMILES string of the molecule is O=C1c2ccccc2[C@H](c2c(-c3ccc(Cl)cc3Cl)[nH]c3ccccc23)N1C1CCCCC1. The van der Waals surface area contributed by atoms with Gasteiger partial charge in [0.05, 0.1) is 16.8 Å². The molecule has 0 bridgehead atoms. The van der Waals surface area contributed by atoms with Gasteiger partial charge in [-0.3, -0.25) is 4.79 Å². The van der Waals surface area contributed by atoms with Crippen molar-refractivity contribution >= 4 is 40.0 Å². The molecule has 1 aliphatic carbocycles. The van der Waals surface area contributed by atoms with E-state index in [1.54, 1.807) is 6.07 Å². The number of hydrogen-bond donors (Lipinski definition) is 1. The van der Waals surface area contributed by atoms with Crippen LogP contribution in [0.4, 0.5) is 0 Å². The number of rotatable bonds is 3. The number of aromatic nitrogens is 1. The number of amides is 1. The second-order valence-corrected chi connectivity index (χ2v) is 9.92. The van der Waals surface area contributed by atoms with Crippen molar-refractivity contribution in [2.45, 2.75) is 44.2 Å². The van der Waals surface area contributed by atoms with Crippen molar-refractivity contribution in [2.75, 3.05) is 0 Å². The molecule has 2 aliphatic rings. The second kappa shape index (κ2) is 8.23. The molecule has 0 radical (unpaired) electrons. The number of H-pyrrole nitrogens is 1. The molecule has 1 aromatic heterocycles. The summed E-state index contributed by atoms with van der Waals surface area (Å²) in [6, 6.07) is 22.1. The van der Waals surface area contributed by atoms with Crippen LogP contribution >= 0.6 is 23.2 Å². The van der Waals surface area contributed by atoms with Gasteiger partial charge in [-0.2, -0.15) is 0 Å². The van der Waals surface area contributed by atoms with E-state index in [-0.39, 0.29) is 18.0 Å². The van der Waals surface area contributed by atoms with E-state index in [1.165, 1.54) is 19.3 Å². The number of nitrogens with one attached hydrogen (secondary N) is 1. The number of halogens is 2. The van der Waals surface area contributed by atoms with Crippen LogP contribution in [0.15, 0.2) is 66.7 Å². The van der Waals surface area contributed by atoms with Gasteiger partial charge < -0.3 is 9.88 Å². The molecule has 4 aromatic rings. The zero-order valence-corrected chi connectivity index (χ0v) is 19.7. The number of para-hydroxylation sites is 1. The van der Waals surface area contributed by atoms with Gasteiger partial charge in [0.1, 0.15) is 0 Å². The van der Waals surface area contributed by atoms with E-state index >= 15 is 0 Å². The lowest BCUT2D eigenvalue weighted by Crippen LogP contribution is -2.40. The van der Waals surface area contributed by atoms with Gasteiger partial charge in [-0.1, -0.05) is 78.9 Å². The van der Waals surface area contributed by atoms with Gasteiger partial charge in [0.2, 0.25) is 0 Å². The Labute approximate surface area is 203 Å². The summed E-state index contributed by atoms with van der Waals surface area (Å²) in [7, 11) is 0. The number of fused-ring (bicyclic) bond motifs is 2. The van der Waals surface area contributed by atoms with Gasteiger partial charge in [-0.05, 0) is 48.7 Å². The van der Waals surface area contributed by atoms with Crippen LogP contribution in [0.2, 0.25) is 10.0 Å². The monoisotopic (exact) mass is 474 g/mol. The molecule has 0 unspecified atom stereocenters. The van der Waals surface area contributed by atoms with Gasteiger partial charge in [-0.15, -0.1) is 0 Å². The van der Waals surface area contributed by atoms with Crippen molar-refractivity contribution in [3.05, 3.63) is 93.5 Å². The van der Waals surface area contributed by atoms with Crippen LogP contribution < -0.4 is 0 Å². The molecular formula is C28H24Cl2N2O. The standard InChI is InChI=1S/C28H24Cl2N2O/c29-17-14-15-21(23(30)16-17)26-25(22-12-6-7-13-24(22)31-26)27-19-10-4-5-11-20(19)28(33)32(27)18-8-2-1-3-9-18/h4-7,10-16,18,27,31H,1-3,8-9H2/t27-/m1/s1. The average molecular weight is 475 g/mol. The molecule has 0 spiro atoms. The highest BCUT2D eigenvalue weighted by atomic mass is 35.5. The first kappa shape index (κ1) is 20.8. The lowest BCUT2D eigenvalue weighted by Gasteiger charge is -2.36. The molecule has 33 heavy (non-hydrogen) atoms. The van der Waals surface area contributed by atoms with E-state index in [4.69, 9.17) is 23.2 Å². The van der Waals surface area contributed by atoms with Gasteiger partial charge in [0.15, 0.2) is 0 Å². The Bertz CT molecular complexity index is 1370. The maximum absolute atomic E-state index is 13.8. The van der Waals surface area contributed by atoms with Crippen molar-refractivity contribution in [3.8, 4) is 11.3 Å². The molecule has 0 saturated heterocycles. The quantitative estimate of drug-likeness (QED) is 0.320. The molecular weight excluding hydrogens is 451 g/mol. The highest BCUT2D eigenvalue weighted by molar-refractivity contribution is 6.36. The van der Waals surface area contributed by atoms with Crippen LogP contribution in [0.25, 0.3) is 22.2 Å². The Morgan fingerprint density at radius 1 is 0.848 bits per heavy atom. The fourth-order valence-electron chi connectivity index (χ4n) is 5.72. The highest BCUT2D eigenvalue weighted by Crippen LogP contribution is 2.48. The third-order valence-corrected chi connectivity index (χ3v) is 7.73. The van der Waals surface area contributed by atoms with Crippen molar-refractivity contribution in [1.29, 1.82) is 0 Å². The smallest absolute Gasteiger partial charge is 0.255 e. The summed E-state index contributed by atoms with van der Waals surface area (Å²) in [5, 5.41) is 2.32. The highest BCUT2D eigenvalue weighted by Gasteiger charge is 2.43. The summed E-state index contributed by atoms with van der Waals surface area (Å²) in [5.41, 5.74) is 5.88. The minimum absolute atomic E-state index is 0.140. The molecule has 1 atom stereocenters. The maximum atomic E-state index is 13.8. The van der Waals surface area contributed by atoms with E-state index in [0.29, 0.717) is 10.0 Å². The normalized spacial score (nSPS) is 18.8. The van der Waals surface area contributed by atoms with E-state index in [2.05, 4.69) is 34.1 Å². The Morgan fingerprint density at radius 3 is 2.42 bits per heavy atom. The fraction of sp³-hybridized carbons (Fsp3) is 0.250. The molecule has 1 saturated carbocycles. The van der Waals surface area contributed by atoms with Crippen LogP contribution in [0.3, 0.4) is 0 Å². The third kappa shape index (κ3) is 3.37. The Hall–Kier alpha value is -2.75. The zero-order valence-electron chi connectivity index (χ0n) is 18.2. The molecule has 3 nitrogen and oxygen atoms in total. The average Bonchev–Trinajstić information content (AvgIpc) is 3.35. The molecule has 5 heteroatoms. The summed E-state index contributed by atoms with van der Waals surface area (Å²) < 4.78 is 0. The van der Waals surface area contributed by atoms with Gasteiger partial charge >= 0.3 is 0 Å². The summed E-state index contributed by atoms with van der Waals surface area (Å²) >= 11 is 12.9. The third-order valence-electron chi connectivity index (χ3n) is 7.19. The molecule has 166 valence electrons. The molecule has 1 fully saturated rings. The first-order chi connectivity index (χ1) is 16.1. The van der Waals surface area contributed by atoms with E-state index in [1.807, 2.05) is 36.4 Å². The molecule has 2 heterocycles. The lowest BCUT2D eigenvalue weighted by atomic mass is 9.89. The van der Waals surface area contributed by atoms with Crippen molar-refractivity contribution in [1.82, 2.24) is 9.88 Å². The summed E-state index contributed by atoms with van der Waals surface area (Å²) in [6.07, 6.45) is 5.68. The zero-order chi connectivity index (χ0) is 22.5. The number of hydrogen-bond acceptors (Lipinski definition) is 1. The summed E-state index contributed by atoms with van der Waals surface area (Å²) in [5.74, 6) is 0.140. The minimum Gasteiger partial charge on any atom is -0.354 e. The minimum atomic E-state index is -0.158. The number of carbonyl (C=O) groups is 1. The Balaban J connectivity index is 1.63. The summed E-state index contributed by atoms with van der Waals surface area (Å²) in [6.45, 7) is 0. The van der Waals surface area contributed by atoms with Crippen LogP contribution in [-0.4, -0.2) is 21.8 Å². The molecule has 1 amide bonds.